The van der Waals surface area contributed by atoms with Crippen molar-refractivity contribution >= 4 is 11.6 Å². The minimum absolute atomic E-state index is 0.0685. The van der Waals surface area contributed by atoms with E-state index in [1.54, 1.807) is 36.4 Å². The summed E-state index contributed by atoms with van der Waals surface area (Å²) in [7, 11) is 0. The van der Waals surface area contributed by atoms with Crippen molar-refractivity contribution in [2.45, 2.75) is 37.7 Å². The number of ketones is 2. The molecule has 0 saturated heterocycles. The molecule has 2 aromatic carbocycles. The van der Waals surface area contributed by atoms with Crippen LogP contribution in [0.1, 0.15) is 58.4 Å². The van der Waals surface area contributed by atoms with Crippen LogP contribution in [-0.2, 0) is 0 Å². The van der Waals surface area contributed by atoms with Crippen LogP contribution in [0.4, 0.5) is 0 Å². The van der Waals surface area contributed by atoms with Crippen LogP contribution < -0.4 is 0 Å². The van der Waals surface area contributed by atoms with Gasteiger partial charge in [0.25, 0.3) is 0 Å². The van der Waals surface area contributed by atoms with E-state index in [9.17, 15) is 14.7 Å². The van der Waals surface area contributed by atoms with Crippen LogP contribution in [0.3, 0.4) is 0 Å². The zero-order valence-electron chi connectivity index (χ0n) is 13.0. The Hall–Kier alpha value is -2.26. The number of hydrogen-bond acceptors (Lipinski definition) is 3. The molecule has 0 aromatic heterocycles. The summed E-state index contributed by atoms with van der Waals surface area (Å²) < 4.78 is 0. The van der Waals surface area contributed by atoms with E-state index in [4.69, 9.17) is 0 Å². The van der Waals surface area contributed by atoms with Crippen LogP contribution in [0.5, 0.6) is 0 Å². The van der Waals surface area contributed by atoms with E-state index >= 15 is 0 Å². The Morgan fingerprint density at radius 2 is 1.26 bits per heavy atom. The maximum absolute atomic E-state index is 12.5. The quantitative estimate of drug-likeness (QED) is 0.874. The van der Waals surface area contributed by atoms with Crippen LogP contribution in [-0.4, -0.2) is 22.3 Å². The van der Waals surface area contributed by atoms with Crippen molar-refractivity contribution in [3.8, 4) is 0 Å². The summed E-state index contributed by atoms with van der Waals surface area (Å²) in [6, 6.07) is 15.7. The van der Waals surface area contributed by atoms with Crippen molar-refractivity contribution in [3.63, 3.8) is 0 Å². The third kappa shape index (κ3) is 3.25. The molecule has 118 valence electrons. The second-order valence-corrected chi connectivity index (χ2v) is 6.19. The normalized spacial score (nSPS) is 16.7. The van der Waals surface area contributed by atoms with E-state index in [0.717, 1.165) is 19.3 Å². The molecule has 0 radical (unpaired) electrons. The average molecular weight is 308 g/mol. The van der Waals surface area contributed by atoms with E-state index in [1.165, 1.54) is 0 Å². The minimum atomic E-state index is -1.23. The van der Waals surface area contributed by atoms with E-state index in [-0.39, 0.29) is 11.6 Å². The maximum Gasteiger partial charge on any atom is 0.194 e. The molecule has 23 heavy (non-hydrogen) atoms. The predicted molar refractivity (Wildman–Crippen MR) is 88.7 cm³/mol. The van der Waals surface area contributed by atoms with Gasteiger partial charge in [-0.1, -0.05) is 73.9 Å². The molecule has 0 bridgehead atoms. The molecule has 0 amide bonds. The molecular formula is C20H20O3. The Balaban J connectivity index is 1.79. The van der Waals surface area contributed by atoms with Gasteiger partial charge in [0.05, 0.1) is 0 Å². The lowest BCUT2D eigenvalue weighted by molar-refractivity contribution is 0.0116. The number of carbonyl (C=O) groups is 2. The van der Waals surface area contributed by atoms with Gasteiger partial charge in [-0.3, -0.25) is 9.59 Å². The van der Waals surface area contributed by atoms with Crippen molar-refractivity contribution in [3.05, 3.63) is 71.3 Å². The molecular weight excluding hydrogens is 288 g/mol. The zero-order valence-corrected chi connectivity index (χ0v) is 13.0. The highest BCUT2D eigenvalue weighted by molar-refractivity contribution is 6.10. The van der Waals surface area contributed by atoms with Crippen molar-refractivity contribution < 1.29 is 14.7 Å². The first-order valence-electron chi connectivity index (χ1n) is 8.07. The highest BCUT2D eigenvalue weighted by atomic mass is 16.3. The van der Waals surface area contributed by atoms with Crippen molar-refractivity contribution in [1.29, 1.82) is 0 Å². The van der Waals surface area contributed by atoms with Gasteiger partial charge >= 0.3 is 0 Å². The van der Waals surface area contributed by atoms with Gasteiger partial charge in [-0.05, 0) is 12.8 Å². The smallest absolute Gasteiger partial charge is 0.194 e. The van der Waals surface area contributed by atoms with Gasteiger partial charge in [0.15, 0.2) is 11.6 Å². The van der Waals surface area contributed by atoms with Crippen LogP contribution in [0.2, 0.25) is 0 Å². The first-order valence-corrected chi connectivity index (χ1v) is 8.07. The highest BCUT2D eigenvalue weighted by Crippen LogP contribution is 2.31. The fraction of sp³-hybridized carbons (Fsp3) is 0.300. The standard InChI is InChI=1S/C20H20O3/c21-18(15-7-3-1-4-8-15)16-9-11-17(12-10-16)19(22)20(23)13-5-2-6-14-20/h1,3-4,7-12,23H,2,5-6,13-14H2. The molecule has 0 atom stereocenters. The fourth-order valence-corrected chi connectivity index (χ4v) is 3.16. The van der Waals surface area contributed by atoms with Crippen molar-refractivity contribution in [2.75, 3.05) is 0 Å². The van der Waals surface area contributed by atoms with Crippen LogP contribution in [0.25, 0.3) is 0 Å². The molecule has 1 saturated carbocycles. The molecule has 1 aliphatic rings. The Bertz CT molecular complexity index is 695. The predicted octanol–water partition coefficient (Wildman–Crippen LogP) is 3.80. The number of carbonyl (C=O) groups excluding carboxylic acids is 2. The summed E-state index contributed by atoms with van der Waals surface area (Å²) in [6.07, 6.45) is 3.88. The number of Topliss-reactive ketones (excluding diaryl/α,β-unsaturated/α-hetero) is 1. The van der Waals surface area contributed by atoms with Gasteiger partial charge in [-0.15, -0.1) is 0 Å². The van der Waals surface area contributed by atoms with Crippen LogP contribution in [0, 0.1) is 0 Å². The molecule has 3 nitrogen and oxygen atoms in total. The van der Waals surface area contributed by atoms with Gasteiger partial charge in [-0.2, -0.15) is 0 Å². The van der Waals surface area contributed by atoms with Gasteiger partial charge < -0.3 is 5.11 Å². The molecule has 3 heteroatoms. The topological polar surface area (TPSA) is 54.4 Å². The van der Waals surface area contributed by atoms with Crippen molar-refractivity contribution in [2.24, 2.45) is 0 Å². The Morgan fingerprint density at radius 1 is 0.739 bits per heavy atom. The summed E-state index contributed by atoms with van der Waals surface area (Å²) in [5, 5.41) is 10.5. The molecule has 0 spiro atoms. The lowest BCUT2D eigenvalue weighted by atomic mass is 9.79. The minimum Gasteiger partial charge on any atom is -0.382 e. The van der Waals surface area contributed by atoms with Gasteiger partial charge in [0.1, 0.15) is 5.60 Å². The molecule has 1 fully saturated rings. The third-order valence-corrected chi connectivity index (χ3v) is 4.55. The number of rotatable bonds is 4. The molecule has 0 heterocycles. The van der Waals surface area contributed by atoms with E-state index in [0.29, 0.717) is 29.5 Å². The molecule has 1 N–H and O–H groups in total. The zero-order chi connectivity index (χ0) is 16.3. The second kappa shape index (κ2) is 6.47. The van der Waals surface area contributed by atoms with E-state index in [2.05, 4.69) is 0 Å². The monoisotopic (exact) mass is 308 g/mol. The summed E-state index contributed by atoms with van der Waals surface area (Å²) >= 11 is 0. The first-order chi connectivity index (χ1) is 11.1. The Kier molecular flexibility index (Phi) is 4.39. The van der Waals surface area contributed by atoms with Crippen LogP contribution in [0.15, 0.2) is 54.6 Å². The SMILES string of the molecule is O=C(c1ccccc1)c1ccc(C(=O)C2(O)CCCCC2)cc1. The lowest BCUT2D eigenvalue weighted by Gasteiger charge is -2.30. The summed E-state index contributed by atoms with van der Waals surface area (Å²) in [4.78, 5) is 24.9. The molecule has 1 aliphatic carbocycles. The largest absolute Gasteiger partial charge is 0.382 e. The van der Waals surface area contributed by atoms with E-state index in [1.807, 2.05) is 18.2 Å². The third-order valence-electron chi connectivity index (χ3n) is 4.55. The van der Waals surface area contributed by atoms with Gasteiger partial charge in [0.2, 0.25) is 0 Å². The number of benzene rings is 2. The Labute approximate surface area is 136 Å². The van der Waals surface area contributed by atoms with Crippen molar-refractivity contribution in [1.82, 2.24) is 0 Å². The summed E-state index contributed by atoms with van der Waals surface area (Å²) in [6.45, 7) is 0. The maximum atomic E-state index is 12.5. The highest BCUT2D eigenvalue weighted by Gasteiger charge is 2.37. The van der Waals surface area contributed by atoms with Gasteiger partial charge in [-0.25, -0.2) is 0 Å². The average Bonchev–Trinajstić information content (AvgIpc) is 2.62. The van der Waals surface area contributed by atoms with Crippen LogP contribution >= 0.6 is 0 Å². The molecule has 3 rings (SSSR count). The second-order valence-electron chi connectivity index (χ2n) is 6.19. The van der Waals surface area contributed by atoms with Gasteiger partial charge in [0, 0.05) is 16.7 Å². The first kappa shape index (κ1) is 15.6. The Morgan fingerprint density at radius 3 is 1.87 bits per heavy atom. The summed E-state index contributed by atoms with van der Waals surface area (Å²) in [5.74, 6) is -0.295. The molecule has 0 unspecified atom stereocenters. The fourth-order valence-electron chi connectivity index (χ4n) is 3.16. The number of hydrogen-bond donors (Lipinski definition) is 1. The molecule has 0 aliphatic heterocycles. The van der Waals surface area contributed by atoms with E-state index < -0.39 is 5.60 Å². The number of aliphatic hydroxyl groups is 1. The lowest BCUT2D eigenvalue weighted by Crippen LogP contribution is -2.40. The molecule has 2 aromatic rings. The summed E-state index contributed by atoms with van der Waals surface area (Å²) in [5.41, 5.74) is 0.406.